The second-order valence-corrected chi connectivity index (χ2v) is 7.92. The first-order chi connectivity index (χ1) is 13.2. The number of hydrogen-bond acceptors (Lipinski definition) is 3. The molecule has 0 aromatic rings. The molecule has 0 spiro atoms. The number of nitrogens with zero attached hydrogens (tertiary/aromatic N) is 1. The summed E-state index contributed by atoms with van der Waals surface area (Å²) in [6.07, 6.45) is 18.8. The van der Waals surface area contributed by atoms with Crippen LogP contribution >= 0.6 is 0 Å². The van der Waals surface area contributed by atoms with Crippen LogP contribution in [0.2, 0.25) is 0 Å². The van der Waals surface area contributed by atoms with Crippen molar-refractivity contribution in [3.63, 3.8) is 0 Å². The molecule has 2 aliphatic rings. The van der Waals surface area contributed by atoms with E-state index in [4.69, 9.17) is 0 Å². The zero-order valence-corrected chi connectivity index (χ0v) is 17.4. The maximum Gasteiger partial charge on any atom is 0.223 e. The Hall–Kier alpha value is -1.39. The van der Waals surface area contributed by atoms with Gasteiger partial charge in [0.05, 0.1) is 0 Å². The molecule has 1 amide bonds. The molecule has 1 fully saturated rings. The first-order valence-corrected chi connectivity index (χ1v) is 11.0. The van der Waals surface area contributed by atoms with E-state index in [1.807, 2.05) is 0 Å². The number of allylic oxidation sites excluding steroid dienone is 4. The summed E-state index contributed by atoms with van der Waals surface area (Å²) in [5.74, 6) is 0.445. The topological polar surface area (TPSA) is 44.4 Å². The minimum absolute atomic E-state index is 0.189. The predicted octanol–water partition coefficient (Wildman–Crippen LogP) is 3.82. The van der Waals surface area contributed by atoms with Gasteiger partial charge < -0.3 is 10.6 Å². The van der Waals surface area contributed by atoms with E-state index >= 15 is 0 Å². The van der Waals surface area contributed by atoms with Crippen molar-refractivity contribution in [3.05, 3.63) is 36.0 Å². The smallest absolute Gasteiger partial charge is 0.223 e. The summed E-state index contributed by atoms with van der Waals surface area (Å²) in [7, 11) is 0. The highest BCUT2D eigenvalue weighted by atomic mass is 16.1. The van der Waals surface area contributed by atoms with Gasteiger partial charge in [0.15, 0.2) is 0 Å². The van der Waals surface area contributed by atoms with Crippen molar-refractivity contribution < 1.29 is 4.79 Å². The number of amides is 1. The van der Waals surface area contributed by atoms with Gasteiger partial charge in [0, 0.05) is 44.7 Å². The van der Waals surface area contributed by atoms with Crippen LogP contribution in [-0.2, 0) is 4.79 Å². The average Bonchev–Trinajstić information content (AvgIpc) is 2.94. The molecule has 27 heavy (non-hydrogen) atoms. The highest BCUT2D eigenvalue weighted by Gasteiger charge is 2.22. The molecule has 152 valence electrons. The van der Waals surface area contributed by atoms with E-state index in [9.17, 15) is 4.79 Å². The summed E-state index contributed by atoms with van der Waals surface area (Å²) >= 11 is 0. The van der Waals surface area contributed by atoms with E-state index in [1.165, 1.54) is 24.8 Å². The van der Waals surface area contributed by atoms with Crippen LogP contribution in [-0.4, -0.2) is 49.6 Å². The quantitative estimate of drug-likeness (QED) is 0.541. The van der Waals surface area contributed by atoms with Gasteiger partial charge in [-0.1, -0.05) is 69.9 Å². The fourth-order valence-corrected chi connectivity index (χ4v) is 3.93. The van der Waals surface area contributed by atoms with Crippen LogP contribution in [0.5, 0.6) is 0 Å². The van der Waals surface area contributed by atoms with Gasteiger partial charge in [-0.25, -0.2) is 0 Å². The van der Waals surface area contributed by atoms with E-state index < -0.39 is 0 Å². The fourth-order valence-electron chi connectivity index (χ4n) is 3.93. The molecule has 0 radical (unpaired) electrons. The average molecular weight is 374 g/mol. The molecule has 1 aliphatic heterocycles. The third-order valence-corrected chi connectivity index (χ3v) is 5.48. The van der Waals surface area contributed by atoms with E-state index in [1.54, 1.807) is 0 Å². The van der Waals surface area contributed by atoms with Crippen molar-refractivity contribution >= 4 is 5.91 Å². The standard InChI is InChI=1S/C23H39N3O/c1-3-5-8-14-21(11-4-2)23(27)25-17-22-19-26(16-15-24-22)18-20-12-9-6-7-10-13-20/h6,9-10,12-13,21-22,24H,3-5,7-8,11,14-19H2,1-2H3,(H,25,27). The van der Waals surface area contributed by atoms with Crippen molar-refractivity contribution in [2.45, 2.75) is 64.8 Å². The lowest BCUT2D eigenvalue weighted by Gasteiger charge is -2.34. The summed E-state index contributed by atoms with van der Waals surface area (Å²) in [4.78, 5) is 15.1. The van der Waals surface area contributed by atoms with Gasteiger partial charge in [-0.05, 0) is 24.8 Å². The SMILES string of the molecule is CCCCCC(CCC)C(=O)NCC1CN(CC2=CC=CCC=C2)CCN1. The Bertz CT molecular complexity index is 524. The van der Waals surface area contributed by atoms with E-state index in [-0.39, 0.29) is 11.8 Å². The van der Waals surface area contributed by atoms with Gasteiger partial charge in [0.1, 0.15) is 0 Å². The Labute approximate surface area is 166 Å². The molecule has 2 unspecified atom stereocenters. The molecule has 2 N–H and O–H groups in total. The molecular weight excluding hydrogens is 334 g/mol. The molecule has 4 nitrogen and oxygen atoms in total. The van der Waals surface area contributed by atoms with Crippen molar-refractivity contribution in [1.29, 1.82) is 0 Å². The Kier molecular flexibility index (Phi) is 10.5. The highest BCUT2D eigenvalue weighted by molar-refractivity contribution is 5.78. The minimum atomic E-state index is 0.189. The molecule has 2 rings (SSSR count). The molecule has 2 atom stereocenters. The van der Waals surface area contributed by atoms with Crippen LogP contribution in [0.15, 0.2) is 36.0 Å². The van der Waals surface area contributed by atoms with Crippen molar-refractivity contribution in [3.8, 4) is 0 Å². The molecule has 1 heterocycles. The van der Waals surface area contributed by atoms with E-state index in [2.05, 4.69) is 59.8 Å². The molecule has 0 bridgehead atoms. The maximum absolute atomic E-state index is 12.6. The molecule has 0 saturated carbocycles. The lowest BCUT2D eigenvalue weighted by atomic mass is 9.95. The first kappa shape index (κ1) is 21.9. The normalized spacial score (nSPS) is 21.6. The number of carbonyl (C=O) groups is 1. The molecular formula is C23H39N3O. The van der Waals surface area contributed by atoms with Gasteiger partial charge in [-0.15, -0.1) is 0 Å². The van der Waals surface area contributed by atoms with Crippen molar-refractivity contribution in [2.24, 2.45) is 5.92 Å². The fraction of sp³-hybridized carbons (Fsp3) is 0.696. The number of nitrogens with one attached hydrogen (secondary N) is 2. The number of hydrogen-bond donors (Lipinski definition) is 2. The minimum Gasteiger partial charge on any atom is -0.354 e. The molecule has 0 aromatic heterocycles. The van der Waals surface area contributed by atoms with Crippen LogP contribution in [0.1, 0.15) is 58.8 Å². The summed E-state index contributed by atoms with van der Waals surface area (Å²) in [6.45, 7) is 9.15. The van der Waals surface area contributed by atoms with Crippen molar-refractivity contribution in [1.82, 2.24) is 15.5 Å². The van der Waals surface area contributed by atoms with Crippen LogP contribution in [0, 0.1) is 5.92 Å². The van der Waals surface area contributed by atoms with Gasteiger partial charge in [0.2, 0.25) is 5.91 Å². The van der Waals surface area contributed by atoms with Gasteiger partial charge in [-0.3, -0.25) is 9.69 Å². The Balaban J connectivity index is 1.76. The first-order valence-electron chi connectivity index (χ1n) is 11.0. The van der Waals surface area contributed by atoms with Crippen LogP contribution in [0.25, 0.3) is 0 Å². The van der Waals surface area contributed by atoms with Crippen LogP contribution in [0.4, 0.5) is 0 Å². The maximum atomic E-state index is 12.6. The monoisotopic (exact) mass is 373 g/mol. The van der Waals surface area contributed by atoms with Gasteiger partial charge in [0.25, 0.3) is 0 Å². The molecule has 0 aromatic carbocycles. The van der Waals surface area contributed by atoms with Gasteiger partial charge >= 0.3 is 0 Å². The number of unbranched alkanes of at least 4 members (excludes halogenated alkanes) is 2. The molecule has 1 saturated heterocycles. The zero-order valence-electron chi connectivity index (χ0n) is 17.4. The number of piperazine rings is 1. The highest BCUT2D eigenvalue weighted by Crippen LogP contribution is 2.16. The third kappa shape index (κ3) is 8.44. The lowest BCUT2D eigenvalue weighted by molar-refractivity contribution is -0.125. The largest absolute Gasteiger partial charge is 0.354 e. The Morgan fingerprint density at radius 1 is 1.26 bits per heavy atom. The second kappa shape index (κ2) is 12.9. The van der Waals surface area contributed by atoms with Crippen LogP contribution in [0.3, 0.4) is 0 Å². The summed E-state index contributed by atoms with van der Waals surface area (Å²) in [5, 5.41) is 6.80. The number of rotatable bonds is 11. The van der Waals surface area contributed by atoms with Gasteiger partial charge in [-0.2, -0.15) is 0 Å². The molecule has 4 heteroatoms. The Morgan fingerprint density at radius 2 is 2.15 bits per heavy atom. The predicted molar refractivity (Wildman–Crippen MR) is 115 cm³/mol. The summed E-state index contributed by atoms with van der Waals surface area (Å²) < 4.78 is 0. The summed E-state index contributed by atoms with van der Waals surface area (Å²) in [6, 6.07) is 0.339. The van der Waals surface area contributed by atoms with Crippen LogP contribution < -0.4 is 10.6 Å². The lowest BCUT2D eigenvalue weighted by Crippen LogP contribution is -2.55. The second-order valence-electron chi connectivity index (χ2n) is 7.92. The van der Waals surface area contributed by atoms with E-state index in [0.29, 0.717) is 6.04 Å². The third-order valence-electron chi connectivity index (χ3n) is 5.48. The van der Waals surface area contributed by atoms with Crippen molar-refractivity contribution in [2.75, 3.05) is 32.7 Å². The van der Waals surface area contributed by atoms with E-state index in [0.717, 1.165) is 58.4 Å². The summed E-state index contributed by atoms with van der Waals surface area (Å²) in [5.41, 5.74) is 1.37. The zero-order chi connectivity index (χ0) is 19.3. The number of carbonyl (C=O) groups excluding carboxylic acids is 1. The Morgan fingerprint density at radius 3 is 2.96 bits per heavy atom. The molecule has 1 aliphatic carbocycles.